The Morgan fingerprint density at radius 1 is 1.36 bits per heavy atom. The van der Waals surface area contributed by atoms with E-state index < -0.39 is 11.6 Å². The Bertz CT molecular complexity index is 507. The molecule has 0 bridgehead atoms. The highest BCUT2D eigenvalue weighted by Gasteiger charge is 2.29. The van der Waals surface area contributed by atoms with Crippen LogP contribution < -0.4 is 5.73 Å². The highest BCUT2D eigenvalue weighted by atomic mass is 35.5. The van der Waals surface area contributed by atoms with E-state index in [1.165, 1.54) is 0 Å². The Labute approximate surface area is 136 Å². The third-order valence-electron chi connectivity index (χ3n) is 4.17. The fourth-order valence-electron chi connectivity index (χ4n) is 2.83. The first-order chi connectivity index (χ1) is 10.0. The molecule has 6 heteroatoms. The Hall–Kier alpha value is -1.20. The van der Waals surface area contributed by atoms with E-state index in [4.69, 9.17) is 5.73 Å². The molecule has 1 unspecified atom stereocenters. The second-order valence-corrected chi connectivity index (χ2v) is 5.78. The van der Waals surface area contributed by atoms with Gasteiger partial charge in [0.05, 0.1) is 0 Å². The molecule has 0 heterocycles. The van der Waals surface area contributed by atoms with Crippen LogP contribution in [0.1, 0.15) is 38.2 Å². The molecule has 2 N–H and O–H groups in total. The largest absolute Gasteiger partial charge is 0.335 e. The zero-order chi connectivity index (χ0) is 15.4. The van der Waals surface area contributed by atoms with Crippen LogP contribution >= 0.6 is 12.4 Å². The van der Waals surface area contributed by atoms with E-state index in [9.17, 15) is 13.6 Å². The van der Waals surface area contributed by atoms with Crippen LogP contribution in [-0.2, 0) is 11.3 Å². The summed E-state index contributed by atoms with van der Waals surface area (Å²) >= 11 is 0. The van der Waals surface area contributed by atoms with Gasteiger partial charge in [0.25, 0.3) is 0 Å². The Balaban J connectivity index is 0.00000242. The molecule has 1 amide bonds. The van der Waals surface area contributed by atoms with Crippen molar-refractivity contribution < 1.29 is 13.6 Å². The standard InChI is InChI=1S/C16H22F2N2O.ClH/c1-11(9-19)16(21)20(14-4-2-3-5-14)10-12-8-13(17)6-7-15(12)18;/h6-8,11,14H,2-5,9-10,19H2,1H3;1H. The first-order valence-corrected chi connectivity index (χ1v) is 7.47. The Morgan fingerprint density at radius 2 is 2.00 bits per heavy atom. The summed E-state index contributed by atoms with van der Waals surface area (Å²) in [4.78, 5) is 14.2. The van der Waals surface area contributed by atoms with Gasteiger partial charge >= 0.3 is 0 Å². The van der Waals surface area contributed by atoms with Crippen molar-refractivity contribution in [3.63, 3.8) is 0 Å². The van der Waals surface area contributed by atoms with Crippen molar-refractivity contribution in [3.05, 3.63) is 35.4 Å². The lowest BCUT2D eigenvalue weighted by atomic mass is 10.1. The van der Waals surface area contributed by atoms with E-state index in [0.717, 1.165) is 43.9 Å². The van der Waals surface area contributed by atoms with Gasteiger partial charge in [-0.1, -0.05) is 19.8 Å². The quantitative estimate of drug-likeness (QED) is 0.899. The maximum Gasteiger partial charge on any atom is 0.227 e. The molecule has 22 heavy (non-hydrogen) atoms. The summed E-state index contributed by atoms with van der Waals surface area (Å²) < 4.78 is 27.1. The van der Waals surface area contributed by atoms with E-state index in [1.807, 2.05) is 0 Å². The van der Waals surface area contributed by atoms with Crippen molar-refractivity contribution in [2.24, 2.45) is 11.7 Å². The number of halogens is 3. The molecule has 3 nitrogen and oxygen atoms in total. The Morgan fingerprint density at radius 3 is 2.59 bits per heavy atom. The lowest BCUT2D eigenvalue weighted by Crippen LogP contribution is -2.43. The van der Waals surface area contributed by atoms with Crippen LogP contribution in [0.5, 0.6) is 0 Å². The maximum atomic E-state index is 13.8. The van der Waals surface area contributed by atoms with Crippen LogP contribution in [0.4, 0.5) is 8.78 Å². The smallest absolute Gasteiger partial charge is 0.227 e. The predicted octanol–water partition coefficient (Wildman–Crippen LogP) is 3.25. The summed E-state index contributed by atoms with van der Waals surface area (Å²) in [6.07, 6.45) is 3.97. The number of nitrogens with two attached hydrogens (primary N) is 1. The van der Waals surface area contributed by atoms with E-state index in [0.29, 0.717) is 0 Å². The van der Waals surface area contributed by atoms with Gasteiger partial charge in [0.1, 0.15) is 11.6 Å². The number of benzene rings is 1. The van der Waals surface area contributed by atoms with Gasteiger partial charge in [0, 0.05) is 30.6 Å². The SMILES string of the molecule is CC(CN)C(=O)N(Cc1cc(F)ccc1F)C1CCCC1.Cl. The molecule has 0 spiro atoms. The first-order valence-electron chi connectivity index (χ1n) is 7.47. The van der Waals surface area contributed by atoms with Crippen LogP contribution in [0.25, 0.3) is 0 Å². The molecule has 1 aromatic carbocycles. The van der Waals surface area contributed by atoms with Crippen LogP contribution in [0, 0.1) is 17.6 Å². The molecular formula is C16H23ClF2N2O. The van der Waals surface area contributed by atoms with E-state index >= 15 is 0 Å². The van der Waals surface area contributed by atoms with Gasteiger partial charge < -0.3 is 10.6 Å². The highest BCUT2D eigenvalue weighted by molar-refractivity contribution is 5.85. The van der Waals surface area contributed by atoms with Crippen molar-refractivity contribution in [2.75, 3.05) is 6.54 Å². The number of carbonyl (C=O) groups excluding carboxylic acids is 1. The molecule has 1 atom stereocenters. The number of carbonyl (C=O) groups is 1. The molecule has 0 radical (unpaired) electrons. The van der Waals surface area contributed by atoms with Gasteiger partial charge in [-0.15, -0.1) is 12.4 Å². The van der Waals surface area contributed by atoms with Crippen LogP contribution in [0.3, 0.4) is 0 Å². The fraction of sp³-hybridized carbons (Fsp3) is 0.562. The molecule has 2 rings (SSSR count). The molecule has 0 aromatic heterocycles. The van der Waals surface area contributed by atoms with Gasteiger partial charge in [-0.05, 0) is 31.0 Å². The van der Waals surface area contributed by atoms with Crippen LogP contribution in [-0.4, -0.2) is 23.4 Å². The summed E-state index contributed by atoms with van der Waals surface area (Å²) in [5.74, 6) is -1.35. The fourth-order valence-corrected chi connectivity index (χ4v) is 2.83. The lowest BCUT2D eigenvalue weighted by molar-refractivity contribution is -0.137. The van der Waals surface area contributed by atoms with Gasteiger partial charge in [-0.2, -0.15) is 0 Å². The third-order valence-corrected chi connectivity index (χ3v) is 4.17. The second kappa shape index (κ2) is 8.44. The average Bonchev–Trinajstić information content (AvgIpc) is 3.00. The van der Waals surface area contributed by atoms with Crippen LogP contribution in [0.2, 0.25) is 0 Å². The van der Waals surface area contributed by atoms with Crippen molar-refractivity contribution in [1.29, 1.82) is 0 Å². The minimum absolute atomic E-state index is 0. The van der Waals surface area contributed by atoms with Gasteiger partial charge in [-0.25, -0.2) is 8.78 Å². The van der Waals surface area contributed by atoms with Crippen molar-refractivity contribution in [3.8, 4) is 0 Å². The molecule has 0 aliphatic heterocycles. The molecule has 1 aliphatic rings. The minimum Gasteiger partial charge on any atom is -0.335 e. The molecular weight excluding hydrogens is 310 g/mol. The van der Waals surface area contributed by atoms with Crippen LogP contribution in [0.15, 0.2) is 18.2 Å². The van der Waals surface area contributed by atoms with E-state index in [-0.39, 0.29) is 48.9 Å². The van der Waals surface area contributed by atoms with Gasteiger partial charge in [-0.3, -0.25) is 4.79 Å². The van der Waals surface area contributed by atoms with E-state index in [2.05, 4.69) is 0 Å². The number of rotatable bonds is 5. The molecule has 1 saturated carbocycles. The normalized spacial score (nSPS) is 16.2. The Kier molecular flexibility index (Phi) is 7.23. The number of amides is 1. The molecule has 1 aliphatic carbocycles. The maximum absolute atomic E-state index is 13.8. The predicted molar refractivity (Wildman–Crippen MR) is 84.6 cm³/mol. The van der Waals surface area contributed by atoms with Crippen molar-refractivity contribution in [2.45, 2.75) is 45.2 Å². The summed E-state index contributed by atoms with van der Waals surface area (Å²) in [5, 5.41) is 0. The number of hydrogen-bond acceptors (Lipinski definition) is 2. The summed E-state index contributed by atoms with van der Waals surface area (Å²) in [5.41, 5.74) is 5.80. The minimum atomic E-state index is -0.489. The number of hydrogen-bond donors (Lipinski definition) is 1. The lowest BCUT2D eigenvalue weighted by Gasteiger charge is -2.31. The van der Waals surface area contributed by atoms with Gasteiger partial charge in [0.2, 0.25) is 5.91 Å². The molecule has 1 aromatic rings. The topological polar surface area (TPSA) is 46.3 Å². The molecule has 0 saturated heterocycles. The first kappa shape index (κ1) is 18.8. The average molecular weight is 333 g/mol. The zero-order valence-corrected chi connectivity index (χ0v) is 13.5. The van der Waals surface area contributed by atoms with Crippen molar-refractivity contribution in [1.82, 2.24) is 4.90 Å². The summed E-state index contributed by atoms with van der Waals surface area (Å²) in [6.45, 7) is 2.14. The monoisotopic (exact) mass is 332 g/mol. The van der Waals surface area contributed by atoms with Gasteiger partial charge in [0.15, 0.2) is 0 Å². The molecule has 1 fully saturated rings. The zero-order valence-electron chi connectivity index (χ0n) is 12.7. The highest BCUT2D eigenvalue weighted by Crippen LogP contribution is 2.27. The number of nitrogens with zero attached hydrogens (tertiary/aromatic N) is 1. The summed E-state index contributed by atoms with van der Waals surface area (Å²) in [7, 11) is 0. The second-order valence-electron chi connectivity index (χ2n) is 5.78. The third kappa shape index (κ3) is 4.40. The summed E-state index contributed by atoms with van der Waals surface area (Å²) in [6, 6.07) is 3.46. The molecule has 124 valence electrons. The van der Waals surface area contributed by atoms with E-state index in [1.54, 1.807) is 11.8 Å². The van der Waals surface area contributed by atoms with Crippen molar-refractivity contribution >= 4 is 18.3 Å².